The third kappa shape index (κ3) is 6.97. The molecule has 0 spiro atoms. The number of hydrogen-bond donors (Lipinski definition) is 6. The van der Waals surface area contributed by atoms with Crippen molar-refractivity contribution in [2.24, 2.45) is 11.8 Å². The molecule has 0 saturated carbocycles. The monoisotopic (exact) mass is 490 g/mol. The fraction of sp³-hybridized carbons (Fsp3) is 0.500. The van der Waals surface area contributed by atoms with Crippen LogP contribution in [0, 0.1) is 35.1 Å². The van der Waals surface area contributed by atoms with E-state index in [9.17, 15) is 43.1 Å². The first-order valence-electron chi connectivity index (χ1n) is 10.8. The lowest BCUT2D eigenvalue weighted by Gasteiger charge is -2.34. The number of hydrogen-bond acceptors (Lipinski definition) is 6. The van der Waals surface area contributed by atoms with Crippen LogP contribution in [0.5, 0.6) is 0 Å². The van der Waals surface area contributed by atoms with Crippen molar-refractivity contribution >= 4 is 0 Å². The molecule has 6 nitrogen and oxygen atoms in total. The first kappa shape index (κ1) is 28.2. The largest absolute Gasteiger partial charge is 0.394 e. The summed E-state index contributed by atoms with van der Waals surface area (Å²) in [5, 5.41) is 59.6. The molecule has 190 valence electrons. The smallest absolute Gasteiger partial charge is 0.129 e. The third-order valence-electron chi connectivity index (χ3n) is 5.96. The van der Waals surface area contributed by atoms with E-state index in [4.69, 9.17) is 5.11 Å². The second-order valence-electron chi connectivity index (χ2n) is 8.62. The Morgan fingerprint density at radius 1 is 0.647 bits per heavy atom. The Morgan fingerprint density at radius 3 is 1.50 bits per heavy atom. The molecule has 0 aliphatic heterocycles. The highest BCUT2D eigenvalue weighted by atomic mass is 19.1. The Bertz CT molecular complexity index is 890. The maximum absolute atomic E-state index is 14.3. The van der Waals surface area contributed by atoms with Gasteiger partial charge in [0.2, 0.25) is 0 Å². The summed E-state index contributed by atoms with van der Waals surface area (Å²) in [6, 6.07) is 6.53. The van der Waals surface area contributed by atoms with E-state index in [1.54, 1.807) is 6.92 Å². The molecule has 3 unspecified atom stereocenters. The standard InChI is InChI=1S/C24H30F4O6/c1-12(9-14-16(25)4-2-5-17(14)26)8-13(10-15-18(27)6-3-7-19(15)28)21(31)23(33)24(34)22(32)20(30)11-29/h2-7,12-13,20-24,29-34H,8-11H2,1H3/t12?,13?,20-,21?,22+,23+,24-/m0/s1. The molecule has 0 amide bonds. The van der Waals surface area contributed by atoms with Crippen LogP contribution in [0.2, 0.25) is 0 Å². The lowest BCUT2D eigenvalue weighted by molar-refractivity contribution is -0.149. The molecule has 2 aromatic rings. The van der Waals surface area contributed by atoms with Gasteiger partial charge in [0.25, 0.3) is 0 Å². The van der Waals surface area contributed by atoms with Crippen LogP contribution in [0.25, 0.3) is 0 Å². The lowest BCUT2D eigenvalue weighted by Crippen LogP contribution is -2.52. The number of benzene rings is 2. The van der Waals surface area contributed by atoms with Crippen molar-refractivity contribution in [1.29, 1.82) is 0 Å². The molecule has 0 radical (unpaired) electrons. The summed E-state index contributed by atoms with van der Waals surface area (Å²) in [5.41, 5.74) is -0.601. The maximum Gasteiger partial charge on any atom is 0.129 e. The van der Waals surface area contributed by atoms with Crippen LogP contribution < -0.4 is 0 Å². The summed E-state index contributed by atoms with van der Waals surface area (Å²) in [6.07, 6.45) is -10.5. The second kappa shape index (κ2) is 12.6. The van der Waals surface area contributed by atoms with Crippen molar-refractivity contribution in [2.45, 2.75) is 56.7 Å². The van der Waals surface area contributed by atoms with Gasteiger partial charge in [-0.2, -0.15) is 0 Å². The zero-order valence-electron chi connectivity index (χ0n) is 18.5. The summed E-state index contributed by atoms with van der Waals surface area (Å²) >= 11 is 0. The molecule has 0 fully saturated rings. The number of aliphatic hydroxyl groups excluding tert-OH is 6. The minimum atomic E-state index is -2.11. The van der Waals surface area contributed by atoms with Gasteiger partial charge in [0.05, 0.1) is 12.7 Å². The summed E-state index contributed by atoms with van der Waals surface area (Å²) in [5.74, 6) is -5.04. The van der Waals surface area contributed by atoms with Gasteiger partial charge in [-0.25, -0.2) is 17.6 Å². The van der Waals surface area contributed by atoms with Gasteiger partial charge in [0.1, 0.15) is 47.7 Å². The molecule has 6 N–H and O–H groups in total. The first-order chi connectivity index (χ1) is 16.0. The highest BCUT2D eigenvalue weighted by Gasteiger charge is 2.38. The summed E-state index contributed by atoms with van der Waals surface area (Å²) in [7, 11) is 0. The molecule has 0 bridgehead atoms. The number of aliphatic hydroxyl groups is 6. The Hall–Kier alpha value is -2.08. The van der Waals surface area contributed by atoms with Gasteiger partial charge in [-0.1, -0.05) is 19.1 Å². The van der Waals surface area contributed by atoms with Gasteiger partial charge < -0.3 is 30.6 Å². The predicted octanol–water partition coefficient (Wildman–Crippen LogP) is 1.47. The summed E-state index contributed by atoms with van der Waals surface area (Å²) < 4.78 is 56.7. The van der Waals surface area contributed by atoms with E-state index < -0.39 is 84.2 Å². The lowest BCUT2D eigenvalue weighted by atomic mass is 9.80. The average molecular weight is 490 g/mol. The van der Waals surface area contributed by atoms with Gasteiger partial charge in [0, 0.05) is 11.1 Å². The molecule has 10 heteroatoms. The highest BCUT2D eigenvalue weighted by molar-refractivity contribution is 5.22. The van der Waals surface area contributed by atoms with Crippen molar-refractivity contribution in [2.75, 3.05) is 6.61 Å². The van der Waals surface area contributed by atoms with Crippen LogP contribution in [-0.4, -0.2) is 67.8 Å². The molecule has 2 rings (SSSR count). The minimum absolute atomic E-state index is 0.0782. The van der Waals surface area contributed by atoms with E-state index in [0.717, 1.165) is 30.3 Å². The van der Waals surface area contributed by atoms with E-state index in [0.29, 0.717) is 0 Å². The minimum Gasteiger partial charge on any atom is -0.394 e. The summed E-state index contributed by atoms with van der Waals surface area (Å²) in [4.78, 5) is 0. The summed E-state index contributed by atoms with van der Waals surface area (Å²) in [6.45, 7) is 0.659. The molecule has 7 atom stereocenters. The Morgan fingerprint density at radius 2 is 1.06 bits per heavy atom. The van der Waals surface area contributed by atoms with Gasteiger partial charge >= 0.3 is 0 Å². The van der Waals surface area contributed by atoms with Crippen LogP contribution in [0.4, 0.5) is 17.6 Å². The molecular formula is C24H30F4O6. The third-order valence-corrected chi connectivity index (χ3v) is 5.96. The molecule has 0 aliphatic rings. The Kier molecular flexibility index (Phi) is 10.4. The van der Waals surface area contributed by atoms with Crippen molar-refractivity contribution in [3.05, 3.63) is 70.8 Å². The molecule has 0 aromatic heterocycles. The van der Waals surface area contributed by atoms with E-state index in [1.807, 2.05) is 0 Å². The SMILES string of the molecule is CC(Cc1c(F)cccc1F)CC(Cc1c(F)cccc1F)C(O)[C@@H](O)[C@@H](O)[C@H](O)[C@@H](O)CO. The van der Waals surface area contributed by atoms with Gasteiger partial charge in [-0.15, -0.1) is 0 Å². The van der Waals surface area contributed by atoms with E-state index >= 15 is 0 Å². The molecule has 34 heavy (non-hydrogen) atoms. The van der Waals surface area contributed by atoms with Crippen molar-refractivity contribution < 1.29 is 48.2 Å². The topological polar surface area (TPSA) is 121 Å². The van der Waals surface area contributed by atoms with Crippen LogP contribution in [-0.2, 0) is 12.8 Å². The van der Waals surface area contributed by atoms with Crippen LogP contribution in [0.15, 0.2) is 36.4 Å². The average Bonchev–Trinajstić information content (AvgIpc) is 2.80. The van der Waals surface area contributed by atoms with E-state index in [1.165, 1.54) is 6.07 Å². The molecular weight excluding hydrogens is 460 g/mol. The van der Waals surface area contributed by atoms with E-state index in [-0.39, 0.29) is 18.4 Å². The van der Waals surface area contributed by atoms with Gasteiger partial charge in [-0.05, 0) is 55.4 Å². The zero-order valence-corrected chi connectivity index (χ0v) is 18.5. The highest BCUT2D eigenvalue weighted by Crippen LogP contribution is 2.29. The molecule has 0 aliphatic carbocycles. The number of halogens is 4. The molecule has 2 aromatic carbocycles. The second-order valence-corrected chi connectivity index (χ2v) is 8.62. The van der Waals surface area contributed by atoms with Gasteiger partial charge in [0.15, 0.2) is 0 Å². The molecule has 0 heterocycles. The fourth-order valence-corrected chi connectivity index (χ4v) is 4.03. The Labute approximate surface area is 194 Å². The van der Waals surface area contributed by atoms with Crippen molar-refractivity contribution in [3.63, 3.8) is 0 Å². The van der Waals surface area contributed by atoms with Crippen LogP contribution in [0.1, 0.15) is 24.5 Å². The Balaban J connectivity index is 2.29. The first-order valence-corrected chi connectivity index (χ1v) is 10.8. The van der Waals surface area contributed by atoms with Crippen LogP contribution >= 0.6 is 0 Å². The zero-order chi connectivity index (χ0) is 25.6. The van der Waals surface area contributed by atoms with Crippen molar-refractivity contribution in [3.8, 4) is 0 Å². The normalized spacial score (nSPS) is 18.1. The van der Waals surface area contributed by atoms with Crippen molar-refractivity contribution in [1.82, 2.24) is 0 Å². The quantitative estimate of drug-likeness (QED) is 0.251. The maximum atomic E-state index is 14.3. The predicted molar refractivity (Wildman–Crippen MR) is 115 cm³/mol. The number of rotatable bonds is 12. The van der Waals surface area contributed by atoms with Gasteiger partial charge in [-0.3, -0.25) is 0 Å². The fourth-order valence-electron chi connectivity index (χ4n) is 4.03. The van der Waals surface area contributed by atoms with Crippen LogP contribution in [0.3, 0.4) is 0 Å². The van der Waals surface area contributed by atoms with E-state index in [2.05, 4.69) is 0 Å². The molecule has 0 saturated heterocycles.